The van der Waals surface area contributed by atoms with Crippen LogP contribution in [0.5, 0.6) is 0 Å². The second-order valence-corrected chi connectivity index (χ2v) is 4.25. The van der Waals surface area contributed by atoms with Crippen molar-refractivity contribution in [1.82, 2.24) is 5.32 Å². The smallest absolute Gasteiger partial charge is 0.244 e. The van der Waals surface area contributed by atoms with E-state index in [4.69, 9.17) is 0 Å². The average molecular weight is 221 g/mol. The van der Waals surface area contributed by atoms with Crippen molar-refractivity contribution in [3.63, 3.8) is 0 Å². The highest BCUT2D eigenvalue weighted by Gasteiger charge is 1.95. The highest BCUT2D eigenvalue weighted by Crippen LogP contribution is 1.96. The zero-order valence-electron chi connectivity index (χ0n) is 10.7. The standard InChI is InChI=1S/C14H23NO/c1-4-5-6-7-8-9-10-11-14(16)15-12-13(2)3/h10-11,13H,4-7,12H2,1-3H3,(H,15,16). The van der Waals surface area contributed by atoms with Crippen LogP contribution in [0.3, 0.4) is 0 Å². The molecule has 0 radical (unpaired) electrons. The average Bonchev–Trinajstić information content (AvgIpc) is 2.25. The number of unbranched alkanes of at least 4 members (excludes halogenated alkanes) is 3. The summed E-state index contributed by atoms with van der Waals surface area (Å²) in [4.78, 5) is 11.2. The second kappa shape index (κ2) is 10.3. The third-order valence-electron chi connectivity index (χ3n) is 2.01. The summed E-state index contributed by atoms with van der Waals surface area (Å²) in [5, 5.41) is 2.80. The topological polar surface area (TPSA) is 29.1 Å². The Morgan fingerprint density at radius 2 is 2.12 bits per heavy atom. The number of carbonyl (C=O) groups excluding carboxylic acids is 1. The lowest BCUT2D eigenvalue weighted by molar-refractivity contribution is -0.116. The Morgan fingerprint density at radius 3 is 2.75 bits per heavy atom. The Kier molecular flexibility index (Phi) is 9.50. The van der Waals surface area contributed by atoms with Crippen LogP contribution < -0.4 is 5.32 Å². The van der Waals surface area contributed by atoms with Gasteiger partial charge in [0.1, 0.15) is 0 Å². The minimum atomic E-state index is -0.0587. The summed E-state index contributed by atoms with van der Waals surface area (Å²) in [5.41, 5.74) is 0. The summed E-state index contributed by atoms with van der Waals surface area (Å²) in [6, 6.07) is 0. The lowest BCUT2D eigenvalue weighted by Crippen LogP contribution is -2.25. The largest absolute Gasteiger partial charge is 0.352 e. The van der Waals surface area contributed by atoms with Gasteiger partial charge in [-0.25, -0.2) is 0 Å². The van der Waals surface area contributed by atoms with Crippen LogP contribution in [0, 0.1) is 17.8 Å². The molecule has 1 amide bonds. The molecule has 0 fully saturated rings. The highest BCUT2D eigenvalue weighted by atomic mass is 16.1. The lowest BCUT2D eigenvalue weighted by Gasteiger charge is -2.03. The lowest BCUT2D eigenvalue weighted by atomic mass is 10.2. The van der Waals surface area contributed by atoms with Crippen molar-refractivity contribution in [2.45, 2.75) is 46.5 Å². The maximum atomic E-state index is 11.2. The number of allylic oxidation sites excluding steroid dienone is 1. The zero-order chi connectivity index (χ0) is 12.2. The first-order chi connectivity index (χ1) is 7.66. The fourth-order valence-electron chi connectivity index (χ4n) is 1.08. The van der Waals surface area contributed by atoms with Crippen molar-refractivity contribution in [3.05, 3.63) is 12.2 Å². The molecule has 0 aliphatic rings. The summed E-state index contributed by atoms with van der Waals surface area (Å²) < 4.78 is 0. The van der Waals surface area contributed by atoms with Crippen LogP contribution in [-0.2, 0) is 4.79 Å². The molecule has 0 aromatic rings. The number of rotatable bonds is 6. The molecule has 0 heterocycles. The second-order valence-electron chi connectivity index (χ2n) is 4.25. The molecule has 2 nitrogen and oxygen atoms in total. The zero-order valence-corrected chi connectivity index (χ0v) is 10.7. The summed E-state index contributed by atoms with van der Waals surface area (Å²) in [7, 11) is 0. The van der Waals surface area contributed by atoms with Gasteiger partial charge in [-0.3, -0.25) is 4.79 Å². The molecule has 0 aliphatic heterocycles. The number of amides is 1. The van der Waals surface area contributed by atoms with Crippen LogP contribution in [0.4, 0.5) is 0 Å². The number of hydrogen-bond donors (Lipinski definition) is 1. The molecular weight excluding hydrogens is 198 g/mol. The van der Waals surface area contributed by atoms with Crippen LogP contribution in [0.1, 0.15) is 46.5 Å². The van der Waals surface area contributed by atoms with Crippen molar-refractivity contribution in [3.8, 4) is 11.8 Å². The monoisotopic (exact) mass is 221 g/mol. The van der Waals surface area contributed by atoms with Gasteiger partial charge in [0.15, 0.2) is 0 Å². The van der Waals surface area contributed by atoms with Crippen molar-refractivity contribution < 1.29 is 4.79 Å². The van der Waals surface area contributed by atoms with Gasteiger partial charge < -0.3 is 5.32 Å². The molecule has 0 rings (SSSR count). The molecule has 0 saturated carbocycles. The summed E-state index contributed by atoms with van der Waals surface area (Å²) in [6.07, 6.45) is 7.64. The summed E-state index contributed by atoms with van der Waals surface area (Å²) in [5.74, 6) is 6.32. The van der Waals surface area contributed by atoms with E-state index in [9.17, 15) is 4.79 Å². The molecule has 0 atom stereocenters. The minimum Gasteiger partial charge on any atom is -0.352 e. The first-order valence-electron chi connectivity index (χ1n) is 6.09. The first kappa shape index (κ1) is 14.8. The molecule has 90 valence electrons. The predicted octanol–water partition coefficient (Wildman–Crippen LogP) is 2.90. The Hall–Kier alpha value is -1.23. The fourth-order valence-corrected chi connectivity index (χ4v) is 1.08. The first-order valence-corrected chi connectivity index (χ1v) is 6.09. The quantitative estimate of drug-likeness (QED) is 0.417. The van der Waals surface area contributed by atoms with Crippen LogP contribution >= 0.6 is 0 Å². The Balaban J connectivity index is 3.61. The van der Waals surface area contributed by atoms with E-state index in [0.29, 0.717) is 12.5 Å². The molecule has 16 heavy (non-hydrogen) atoms. The normalized spacial score (nSPS) is 10.2. The minimum absolute atomic E-state index is 0.0587. The molecule has 0 aromatic carbocycles. The van der Waals surface area contributed by atoms with Crippen LogP contribution in [0.2, 0.25) is 0 Å². The van der Waals surface area contributed by atoms with Crippen LogP contribution in [0.25, 0.3) is 0 Å². The van der Waals surface area contributed by atoms with E-state index in [2.05, 4.69) is 37.9 Å². The molecule has 2 heteroatoms. The Bertz CT molecular complexity index is 268. The van der Waals surface area contributed by atoms with Crippen molar-refractivity contribution >= 4 is 5.91 Å². The molecule has 0 spiro atoms. The third kappa shape index (κ3) is 10.8. The molecule has 0 saturated heterocycles. The summed E-state index contributed by atoms with van der Waals surface area (Å²) >= 11 is 0. The van der Waals surface area contributed by atoms with Crippen molar-refractivity contribution in [2.75, 3.05) is 6.54 Å². The van der Waals surface area contributed by atoms with E-state index >= 15 is 0 Å². The van der Waals surface area contributed by atoms with E-state index in [-0.39, 0.29) is 5.91 Å². The molecule has 0 aromatic heterocycles. The van der Waals surface area contributed by atoms with Gasteiger partial charge in [0.2, 0.25) is 5.91 Å². The molecule has 0 unspecified atom stereocenters. The molecule has 0 bridgehead atoms. The maximum absolute atomic E-state index is 11.2. The Morgan fingerprint density at radius 1 is 1.38 bits per heavy atom. The van der Waals surface area contributed by atoms with E-state index in [1.165, 1.54) is 18.9 Å². The van der Waals surface area contributed by atoms with Gasteiger partial charge in [-0.1, -0.05) is 45.5 Å². The van der Waals surface area contributed by atoms with Crippen LogP contribution in [-0.4, -0.2) is 12.5 Å². The molecule has 1 N–H and O–H groups in total. The Labute approximate surface area is 99.5 Å². The molecule has 0 aliphatic carbocycles. The van der Waals surface area contributed by atoms with Crippen LogP contribution in [0.15, 0.2) is 12.2 Å². The van der Waals surface area contributed by atoms with Gasteiger partial charge in [0.05, 0.1) is 0 Å². The van der Waals surface area contributed by atoms with Gasteiger partial charge in [-0.05, 0) is 18.4 Å². The number of hydrogen-bond acceptors (Lipinski definition) is 1. The van der Waals surface area contributed by atoms with E-state index < -0.39 is 0 Å². The van der Waals surface area contributed by atoms with Crippen molar-refractivity contribution in [2.24, 2.45) is 5.92 Å². The number of nitrogens with one attached hydrogen (secondary N) is 1. The van der Waals surface area contributed by atoms with Gasteiger partial charge in [0, 0.05) is 19.0 Å². The predicted molar refractivity (Wildman–Crippen MR) is 68.9 cm³/mol. The SMILES string of the molecule is CCCCCC#CC=CC(=O)NCC(C)C. The van der Waals surface area contributed by atoms with Gasteiger partial charge in [-0.15, -0.1) is 0 Å². The number of carbonyl (C=O) groups is 1. The van der Waals surface area contributed by atoms with Crippen molar-refractivity contribution in [1.29, 1.82) is 0 Å². The van der Waals surface area contributed by atoms with Gasteiger partial charge in [-0.2, -0.15) is 0 Å². The summed E-state index contributed by atoms with van der Waals surface area (Å²) in [6.45, 7) is 7.02. The van der Waals surface area contributed by atoms with Gasteiger partial charge in [0.25, 0.3) is 0 Å². The van der Waals surface area contributed by atoms with E-state index in [1.807, 2.05) is 0 Å². The van der Waals surface area contributed by atoms with E-state index in [1.54, 1.807) is 6.08 Å². The highest BCUT2D eigenvalue weighted by molar-refractivity contribution is 5.87. The maximum Gasteiger partial charge on any atom is 0.244 e. The third-order valence-corrected chi connectivity index (χ3v) is 2.01. The fraction of sp³-hybridized carbons (Fsp3) is 0.643. The van der Waals surface area contributed by atoms with Gasteiger partial charge >= 0.3 is 0 Å². The van der Waals surface area contributed by atoms with E-state index in [0.717, 1.165) is 12.8 Å². The molecular formula is C14H23NO.